The molecule has 0 aliphatic heterocycles. The van der Waals surface area contributed by atoms with Gasteiger partial charge in [-0.2, -0.15) is 0 Å². The van der Waals surface area contributed by atoms with Crippen LogP contribution >= 0.6 is 16.1 Å². The van der Waals surface area contributed by atoms with Gasteiger partial charge in [-0.05, 0) is 6.92 Å². The Balaban J connectivity index is 3.34. The lowest BCUT2D eigenvalue weighted by Gasteiger charge is -2.04. The summed E-state index contributed by atoms with van der Waals surface area (Å²) in [7, 11) is 0. The van der Waals surface area contributed by atoms with Crippen LogP contribution < -0.4 is 5.73 Å². The van der Waals surface area contributed by atoms with Crippen molar-refractivity contribution in [3.05, 3.63) is 0 Å². The Morgan fingerprint density at radius 2 is 2.43 bits per heavy atom. The van der Waals surface area contributed by atoms with Crippen molar-refractivity contribution in [1.82, 2.24) is 3.93 Å². The quantitative estimate of drug-likeness (QED) is 0.574. The SMILES string of the molecule is CCN(Br)C(N)=O. The lowest BCUT2D eigenvalue weighted by Crippen LogP contribution is -2.26. The molecule has 0 spiro atoms. The van der Waals surface area contributed by atoms with Gasteiger partial charge in [-0.1, -0.05) is 0 Å². The molecule has 0 unspecified atom stereocenters. The highest BCUT2D eigenvalue weighted by atomic mass is 79.9. The molecular formula is C3H7BrN2O. The molecule has 0 fully saturated rings. The number of halogens is 1. The van der Waals surface area contributed by atoms with E-state index in [-0.39, 0.29) is 0 Å². The fourth-order valence-electron chi connectivity index (χ4n) is 0.156. The zero-order valence-electron chi connectivity index (χ0n) is 4.02. The van der Waals surface area contributed by atoms with Gasteiger partial charge in [0, 0.05) is 6.54 Å². The molecule has 0 aromatic heterocycles. The number of nitrogens with zero attached hydrogens (tertiary/aromatic N) is 1. The molecule has 0 saturated carbocycles. The highest BCUT2D eigenvalue weighted by Gasteiger charge is 1.97. The van der Waals surface area contributed by atoms with Crippen molar-refractivity contribution in [3.8, 4) is 0 Å². The van der Waals surface area contributed by atoms with Crippen molar-refractivity contribution in [2.24, 2.45) is 5.73 Å². The van der Waals surface area contributed by atoms with E-state index in [4.69, 9.17) is 5.73 Å². The van der Waals surface area contributed by atoms with Crippen LogP contribution in [0.5, 0.6) is 0 Å². The fourth-order valence-corrected chi connectivity index (χ4v) is 0.156. The summed E-state index contributed by atoms with van der Waals surface area (Å²) in [5.74, 6) is 0. The van der Waals surface area contributed by atoms with Gasteiger partial charge in [0.2, 0.25) is 0 Å². The molecule has 7 heavy (non-hydrogen) atoms. The van der Waals surface area contributed by atoms with Crippen molar-refractivity contribution in [1.29, 1.82) is 0 Å². The molecule has 0 aliphatic carbocycles. The minimum Gasteiger partial charge on any atom is -0.351 e. The number of hydrogen-bond acceptors (Lipinski definition) is 1. The molecule has 2 amide bonds. The van der Waals surface area contributed by atoms with Gasteiger partial charge in [0.15, 0.2) is 0 Å². The van der Waals surface area contributed by atoms with E-state index in [9.17, 15) is 4.79 Å². The van der Waals surface area contributed by atoms with Crippen molar-refractivity contribution >= 4 is 22.2 Å². The van der Waals surface area contributed by atoms with E-state index in [1.165, 1.54) is 3.93 Å². The summed E-state index contributed by atoms with van der Waals surface area (Å²) in [6.45, 7) is 2.41. The molecule has 0 saturated heterocycles. The Morgan fingerprint density at radius 1 is 2.00 bits per heavy atom. The van der Waals surface area contributed by atoms with E-state index < -0.39 is 6.03 Å². The summed E-state index contributed by atoms with van der Waals surface area (Å²) in [6, 6.07) is -0.456. The summed E-state index contributed by atoms with van der Waals surface area (Å²) in [4.78, 5) is 10.0. The normalized spacial score (nSPS) is 8.29. The number of carbonyl (C=O) groups excluding carboxylic acids is 1. The lowest BCUT2D eigenvalue weighted by molar-refractivity contribution is 0.237. The third-order valence-electron chi connectivity index (χ3n) is 0.517. The highest BCUT2D eigenvalue weighted by Crippen LogP contribution is 1.92. The van der Waals surface area contributed by atoms with E-state index in [1.807, 2.05) is 6.92 Å². The van der Waals surface area contributed by atoms with E-state index in [1.54, 1.807) is 0 Å². The van der Waals surface area contributed by atoms with Crippen LogP contribution in [0.25, 0.3) is 0 Å². The van der Waals surface area contributed by atoms with Crippen molar-refractivity contribution < 1.29 is 4.79 Å². The number of urea groups is 1. The van der Waals surface area contributed by atoms with Gasteiger partial charge >= 0.3 is 6.03 Å². The van der Waals surface area contributed by atoms with E-state index in [2.05, 4.69) is 16.1 Å². The van der Waals surface area contributed by atoms with Crippen LogP contribution in [0.3, 0.4) is 0 Å². The van der Waals surface area contributed by atoms with Crippen LogP contribution in [-0.4, -0.2) is 16.5 Å². The smallest absolute Gasteiger partial charge is 0.324 e. The van der Waals surface area contributed by atoms with Gasteiger partial charge in [-0.25, -0.2) is 4.79 Å². The zero-order chi connectivity index (χ0) is 5.86. The number of amides is 2. The first-order chi connectivity index (χ1) is 3.18. The largest absolute Gasteiger partial charge is 0.351 e. The zero-order valence-corrected chi connectivity index (χ0v) is 5.60. The maximum absolute atomic E-state index is 10.0. The third-order valence-corrected chi connectivity index (χ3v) is 1.37. The summed E-state index contributed by atoms with van der Waals surface area (Å²) >= 11 is 2.90. The molecule has 42 valence electrons. The summed E-state index contributed by atoms with van der Waals surface area (Å²) in [5, 5.41) is 0. The molecule has 0 heterocycles. The molecule has 0 aromatic carbocycles. The Labute approximate surface area is 50.8 Å². The number of primary amides is 1. The second-order valence-electron chi connectivity index (χ2n) is 1.02. The average molecular weight is 167 g/mol. The second kappa shape index (κ2) is 2.85. The van der Waals surface area contributed by atoms with Crippen LogP contribution in [0.2, 0.25) is 0 Å². The fraction of sp³-hybridized carbons (Fsp3) is 0.667. The number of rotatable bonds is 1. The van der Waals surface area contributed by atoms with Crippen LogP contribution in [0.1, 0.15) is 6.92 Å². The Morgan fingerprint density at radius 3 is 2.43 bits per heavy atom. The molecule has 0 atom stereocenters. The van der Waals surface area contributed by atoms with Crippen LogP contribution in [-0.2, 0) is 0 Å². The second-order valence-corrected chi connectivity index (χ2v) is 1.87. The summed E-state index contributed by atoms with van der Waals surface area (Å²) < 4.78 is 1.24. The molecule has 4 heteroatoms. The van der Waals surface area contributed by atoms with Gasteiger partial charge in [0.05, 0.1) is 16.1 Å². The maximum Gasteiger partial charge on any atom is 0.324 e. The first-order valence-corrected chi connectivity index (χ1v) is 2.62. The molecule has 2 N–H and O–H groups in total. The predicted molar refractivity (Wildman–Crippen MR) is 30.9 cm³/mol. The van der Waals surface area contributed by atoms with Crippen molar-refractivity contribution in [3.63, 3.8) is 0 Å². The Bertz CT molecular complexity index is 75.3. The van der Waals surface area contributed by atoms with E-state index in [0.29, 0.717) is 6.54 Å². The van der Waals surface area contributed by atoms with Crippen molar-refractivity contribution in [2.45, 2.75) is 6.92 Å². The van der Waals surface area contributed by atoms with Gasteiger partial charge < -0.3 is 5.73 Å². The molecule has 0 radical (unpaired) electrons. The molecule has 0 bridgehead atoms. The van der Waals surface area contributed by atoms with Crippen LogP contribution in [0.4, 0.5) is 4.79 Å². The Kier molecular flexibility index (Phi) is 2.75. The first-order valence-electron chi connectivity index (χ1n) is 1.91. The van der Waals surface area contributed by atoms with Crippen LogP contribution in [0, 0.1) is 0 Å². The number of nitrogens with two attached hydrogens (primary N) is 1. The van der Waals surface area contributed by atoms with E-state index in [0.717, 1.165) is 0 Å². The summed E-state index contributed by atoms with van der Waals surface area (Å²) in [5.41, 5.74) is 4.79. The molecule has 0 aromatic rings. The highest BCUT2D eigenvalue weighted by molar-refractivity contribution is 9.07. The standard InChI is InChI=1S/C3H7BrN2O/c1-2-6(4)3(5)7/h2H2,1H3,(H2,5,7). The monoisotopic (exact) mass is 166 g/mol. The van der Waals surface area contributed by atoms with Gasteiger partial charge in [-0.15, -0.1) is 0 Å². The van der Waals surface area contributed by atoms with Gasteiger partial charge in [0.25, 0.3) is 0 Å². The number of carbonyl (C=O) groups is 1. The van der Waals surface area contributed by atoms with Gasteiger partial charge in [-0.3, -0.25) is 3.93 Å². The summed E-state index contributed by atoms with van der Waals surface area (Å²) in [6.07, 6.45) is 0. The lowest BCUT2D eigenvalue weighted by atomic mass is 10.7. The maximum atomic E-state index is 10.0. The average Bonchev–Trinajstić information content (AvgIpc) is 1.65. The first kappa shape index (κ1) is 6.75. The van der Waals surface area contributed by atoms with Crippen LogP contribution in [0.15, 0.2) is 0 Å². The molecule has 0 aliphatic rings. The minimum absolute atomic E-state index is 0.456. The minimum atomic E-state index is -0.456. The van der Waals surface area contributed by atoms with E-state index >= 15 is 0 Å². The number of hydrogen-bond donors (Lipinski definition) is 1. The topological polar surface area (TPSA) is 46.3 Å². The Hall–Kier alpha value is -0.250. The predicted octanol–water partition coefficient (Wildman–Crippen LogP) is 0.697. The van der Waals surface area contributed by atoms with Gasteiger partial charge in [0.1, 0.15) is 0 Å². The molecular weight excluding hydrogens is 160 g/mol. The molecule has 0 rings (SSSR count). The molecule has 3 nitrogen and oxygen atoms in total. The third kappa shape index (κ3) is 2.45. The van der Waals surface area contributed by atoms with Crippen molar-refractivity contribution in [2.75, 3.05) is 6.54 Å².